The second-order valence-electron chi connectivity index (χ2n) is 11.7. The van der Waals surface area contributed by atoms with Gasteiger partial charge in [0.2, 0.25) is 5.60 Å². The van der Waals surface area contributed by atoms with Crippen LogP contribution in [0.25, 0.3) is 5.52 Å². The number of aromatic nitrogens is 3. The Morgan fingerprint density at radius 3 is 2.46 bits per heavy atom. The summed E-state index contributed by atoms with van der Waals surface area (Å²) in [5, 5.41) is 29.5. The highest BCUT2D eigenvalue weighted by atomic mass is 31.2. The standard InChI is InChI=1S/C30H38N5O10P/c1-17(2)27(37)43-25-23(15-41-46(40,45-21-11-9-8-10-12-21)34-19(5)28(38)42-18(3)4)44-30(16-31,29(25,7)39)24-14-13-22-26(36)32-20(6)33-35(22)24/h8-14,17-19,23,25,39H,15H2,1-7H3,(H,34,40)(H,32,33,36)/t19-,23+,25+,29+,30-,46?/m0/s1. The fourth-order valence-corrected chi connectivity index (χ4v) is 6.45. The van der Waals surface area contributed by atoms with Gasteiger partial charge in [0.05, 0.1) is 24.3 Å². The molecule has 0 spiro atoms. The monoisotopic (exact) mass is 659 g/mol. The minimum absolute atomic E-state index is 0.0239. The number of carbonyl (C=O) groups is 2. The molecule has 3 heterocycles. The van der Waals surface area contributed by atoms with Crippen LogP contribution in [-0.4, -0.2) is 68.2 Å². The highest BCUT2D eigenvalue weighted by Gasteiger charge is 2.67. The number of hydrogen-bond acceptors (Lipinski definition) is 12. The maximum absolute atomic E-state index is 14.1. The molecule has 46 heavy (non-hydrogen) atoms. The SMILES string of the molecule is Cc1nn2c([C@]3(C#N)O[C@H](COP(=O)(N[C@@H](C)C(=O)OC(C)C)Oc4ccccc4)[C@@H](OC(=O)C(C)C)[C@@]3(C)O)ccc2c(=O)[nH]1. The van der Waals surface area contributed by atoms with Crippen LogP contribution < -0.4 is 15.2 Å². The first-order valence-electron chi connectivity index (χ1n) is 14.6. The predicted octanol–water partition coefficient (Wildman–Crippen LogP) is 2.90. The lowest BCUT2D eigenvalue weighted by atomic mass is 9.80. The summed E-state index contributed by atoms with van der Waals surface area (Å²) in [7, 11) is -4.43. The van der Waals surface area contributed by atoms with Crippen molar-refractivity contribution in [2.24, 2.45) is 5.92 Å². The fourth-order valence-electron chi connectivity index (χ4n) is 4.94. The van der Waals surface area contributed by atoms with E-state index in [1.165, 1.54) is 49.6 Å². The molecule has 0 amide bonds. The number of nitrogens with one attached hydrogen (secondary N) is 2. The van der Waals surface area contributed by atoms with Crippen LogP contribution in [0.1, 0.15) is 53.1 Å². The third-order valence-electron chi connectivity index (χ3n) is 7.23. The molecule has 1 fully saturated rings. The molecule has 0 bridgehead atoms. The highest BCUT2D eigenvalue weighted by molar-refractivity contribution is 7.52. The van der Waals surface area contributed by atoms with E-state index in [0.29, 0.717) is 0 Å². The lowest BCUT2D eigenvalue weighted by Gasteiger charge is -2.34. The van der Waals surface area contributed by atoms with Gasteiger partial charge in [-0.05, 0) is 58.9 Å². The van der Waals surface area contributed by atoms with Crippen molar-refractivity contribution in [1.29, 1.82) is 5.26 Å². The molecule has 1 aromatic carbocycles. The molecule has 6 atom stereocenters. The zero-order valence-electron chi connectivity index (χ0n) is 26.5. The fraction of sp³-hybridized carbons (Fsp3) is 0.500. The minimum atomic E-state index is -4.43. The summed E-state index contributed by atoms with van der Waals surface area (Å²) in [6.07, 6.45) is -3.42. The van der Waals surface area contributed by atoms with E-state index in [1.807, 2.05) is 6.07 Å². The second-order valence-corrected chi connectivity index (χ2v) is 13.4. The van der Waals surface area contributed by atoms with E-state index in [-0.39, 0.29) is 22.8 Å². The largest absolute Gasteiger partial charge is 0.462 e. The Morgan fingerprint density at radius 1 is 1.17 bits per heavy atom. The van der Waals surface area contributed by atoms with E-state index in [4.69, 9.17) is 23.3 Å². The van der Waals surface area contributed by atoms with Gasteiger partial charge in [0, 0.05) is 0 Å². The number of H-pyrrole nitrogens is 1. The quantitative estimate of drug-likeness (QED) is 0.189. The summed E-state index contributed by atoms with van der Waals surface area (Å²) in [6, 6.07) is 11.7. The van der Waals surface area contributed by atoms with Crippen LogP contribution in [0.3, 0.4) is 0 Å². The Kier molecular flexibility index (Phi) is 10.1. The third kappa shape index (κ3) is 6.86. The molecule has 3 aromatic rings. The number of aryl methyl sites for hydroxylation is 1. The lowest BCUT2D eigenvalue weighted by Crippen LogP contribution is -2.54. The van der Waals surface area contributed by atoms with Crippen LogP contribution in [0.2, 0.25) is 0 Å². The Morgan fingerprint density at radius 2 is 1.85 bits per heavy atom. The number of fused-ring (bicyclic) bond motifs is 1. The molecule has 1 unspecified atom stereocenters. The molecule has 1 aliphatic heterocycles. The Bertz CT molecular complexity index is 1730. The number of nitriles is 1. The summed E-state index contributed by atoms with van der Waals surface area (Å²) < 4.78 is 43.9. The molecule has 3 N–H and O–H groups in total. The van der Waals surface area contributed by atoms with Crippen LogP contribution >= 0.6 is 7.75 Å². The number of aromatic amines is 1. The van der Waals surface area contributed by atoms with E-state index in [0.717, 1.165) is 0 Å². The molecule has 1 aliphatic rings. The van der Waals surface area contributed by atoms with Crippen molar-refractivity contribution in [3.8, 4) is 11.8 Å². The van der Waals surface area contributed by atoms with Gasteiger partial charge in [-0.15, -0.1) is 0 Å². The lowest BCUT2D eigenvalue weighted by molar-refractivity contribution is -0.168. The van der Waals surface area contributed by atoms with Crippen LogP contribution in [0.15, 0.2) is 47.3 Å². The zero-order chi connectivity index (χ0) is 34.0. The van der Waals surface area contributed by atoms with Crippen molar-refractivity contribution in [3.63, 3.8) is 0 Å². The molecule has 2 aromatic heterocycles. The normalized spacial score (nSPS) is 24.8. The van der Waals surface area contributed by atoms with E-state index in [1.54, 1.807) is 45.9 Å². The van der Waals surface area contributed by atoms with Crippen molar-refractivity contribution in [1.82, 2.24) is 19.7 Å². The number of nitrogens with zero attached hydrogens (tertiary/aromatic N) is 3. The van der Waals surface area contributed by atoms with Gasteiger partial charge in [-0.1, -0.05) is 32.0 Å². The topological polar surface area (TPSA) is 204 Å². The van der Waals surface area contributed by atoms with Crippen LogP contribution in [0.4, 0.5) is 0 Å². The van der Waals surface area contributed by atoms with E-state index in [2.05, 4.69) is 15.2 Å². The maximum atomic E-state index is 14.1. The number of hydrogen-bond donors (Lipinski definition) is 3. The molecule has 0 aliphatic carbocycles. The van der Waals surface area contributed by atoms with E-state index < -0.39 is 73.3 Å². The van der Waals surface area contributed by atoms with Gasteiger partial charge in [0.25, 0.3) is 5.56 Å². The number of rotatable bonds is 12. The minimum Gasteiger partial charge on any atom is -0.462 e. The number of benzene rings is 1. The molecule has 0 radical (unpaired) electrons. The highest BCUT2D eigenvalue weighted by Crippen LogP contribution is 2.51. The van der Waals surface area contributed by atoms with Gasteiger partial charge >= 0.3 is 19.7 Å². The van der Waals surface area contributed by atoms with E-state index in [9.17, 15) is 29.3 Å². The summed E-state index contributed by atoms with van der Waals surface area (Å²) in [6.45, 7) is 10.0. The van der Waals surface area contributed by atoms with Crippen molar-refractivity contribution >= 4 is 25.2 Å². The molecular weight excluding hydrogens is 621 g/mol. The van der Waals surface area contributed by atoms with Crippen LogP contribution in [0, 0.1) is 24.2 Å². The maximum Gasteiger partial charge on any atom is 0.459 e. The number of aliphatic hydroxyl groups is 1. The van der Waals surface area contributed by atoms with Crippen molar-refractivity contribution in [2.45, 2.75) is 84.0 Å². The van der Waals surface area contributed by atoms with Crippen molar-refractivity contribution in [3.05, 3.63) is 64.3 Å². The Hall–Kier alpha value is -4.06. The summed E-state index contributed by atoms with van der Waals surface area (Å²) in [5.41, 5.74) is -4.99. The first-order chi connectivity index (χ1) is 21.5. The molecular formula is C30H38N5O10P. The van der Waals surface area contributed by atoms with Crippen LogP contribution in [0.5, 0.6) is 5.75 Å². The van der Waals surface area contributed by atoms with Gasteiger partial charge in [0.15, 0.2) is 6.10 Å². The molecule has 16 heteroatoms. The average Bonchev–Trinajstić information content (AvgIpc) is 3.49. The molecule has 4 rings (SSSR count). The van der Waals surface area contributed by atoms with Gasteiger partial charge in [-0.3, -0.25) is 18.9 Å². The van der Waals surface area contributed by atoms with Gasteiger partial charge < -0.3 is 28.8 Å². The average molecular weight is 660 g/mol. The third-order valence-corrected chi connectivity index (χ3v) is 8.88. The first-order valence-corrected chi connectivity index (χ1v) is 16.2. The van der Waals surface area contributed by atoms with Crippen LogP contribution in [-0.2, 0) is 38.5 Å². The molecule has 248 valence electrons. The number of esters is 2. The predicted molar refractivity (Wildman–Crippen MR) is 163 cm³/mol. The Balaban J connectivity index is 1.74. The summed E-state index contributed by atoms with van der Waals surface area (Å²) >= 11 is 0. The van der Waals surface area contributed by atoms with Gasteiger partial charge in [-0.25, -0.2) is 9.08 Å². The van der Waals surface area contributed by atoms with Crippen molar-refractivity contribution < 1.29 is 42.5 Å². The summed E-state index contributed by atoms with van der Waals surface area (Å²) in [5.74, 6) is -1.71. The zero-order valence-corrected chi connectivity index (χ0v) is 27.4. The second kappa shape index (κ2) is 13.4. The summed E-state index contributed by atoms with van der Waals surface area (Å²) in [4.78, 5) is 40.6. The van der Waals surface area contributed by atoms with E-state index >= 15 is 0 Å². The molecule has 1 saturated heterocycles. The number of ether oxygens (including phenoxy) is 3. The van der Waals surface area contributed by atoms with Gasteiger partial charge in [0.1, 0.15) is 40.9 Å². The number of carbonyl (C=O) groups excluding carboxylic acids is 2. The first kappa shape index (κ1) is 34.8. The van der Waals surface area contributed by atoms with Gasteiger partial charge in [-0.2, -0.15) is 15.4 Å². The smallest absolute Gasteiger partial charge is 0.459 e. The molecule has 15 nitrogen and oxygen atoms in total. The molecule has 0 saturated carbocycles. The Labute approximate surface area is 265 Å². The van der Waals surface area contributed by atoms with Crippen molar-refractivity contribution in [2.75, 3.05) is 6.61 Å². The number of para-hydroxylation sites is 1.